The Hall–Kier alpha value is -1.40. The number of hydrogen-bond acceptors (Lipinski definition) is 3. The van der Waals surface area contributed by atoms with Gasteiger partial charge in [0.15, 0.2) is 0 Å². The molecule has 0 N–H and O–H groups in total. The quantitative estimate of drug-likeness (QED) is 0.832. The third-order valence-corrected chi connectivity index (χ3v) is 6.29. The van der Waals surface area contributed by atoms with Crippen LogP contribution in [0.4, 0.5) is 0 Å². The Kier molecular flexibility index (Phi) is 5.25. The van der Waals surface area contributed by atoms with E-state index in [1.54, 1.807) is 24.3 Å². The van der Waals surface area contributed by atoms with Gasteiger partial charge in [0, 0.05) is 18.1 Å². The summed E-state index contributed by atoms with van der Waals surface area (Å²) >= 11 is 5.86. The number of rotatable bonds is 4. The van der Waals surface area contributed by atoms with Gasteiger partial charge in [0.25, 0.3) is 0 Å². The van der Waals surface area contributed by atoms with E-state index in [0.717, 1.165) is 16.7 Å². The van der Waals surface area contributed by atoms with Crippen molar-refractivity contribution in [1.82, 2.24) is 4.31 Å². The molecule has 24 heavy (non-hydrogen) atoms. The minimum atomic E-state index is -3.39. The van der Waals surface area contributed by atoms with Crippen molar-refractivity contribution in [3.8, 4) is 0 Å². The van der Waals surface area contributed by atoms with E-state index >= 15 is 0 Å². The van der Waals surface area contributed by atoms with Crippen LogP contribution in [0.2, 0.25) is 5.02 Å². The second kappa shape index (κ2) is 7.23. The van der Waals surface area contributed by atoms with Crippen molar-refractivity contribution < 1.29 is 13.2 Å². The van der Waals surface area contributed by atoms with E-state index in [9.17, 15) is 8.42 Å². The van der Waals surface area contributed by atoms with Crippen molar-refractivity contribution in [3.05, 3.63) is 70.2 Å². The molecule has 1 unspecified atom stereocenters. The average molecular weight is 366 g/mol. The molecule has 0 bridgehead atoms. The highest BCUT2D eigenvalue weighted by molar-refractivity contribution is 7.88. The summed E-state index contributed by atoms with van der Waals surface area (Å²) in [5.74, 6) is -0.0232. The Morgan fingerprint density at radius 2 is 1.88 bits per heavy atom. The maximum atomic E-state index is 12.7. The summed E-state index contributed by atoms with van der Waals surface area (Å²) in [6.07, 6.45) is -0.222. The smallest absolute Gasteiger partial charge is 0.218 e. The van der Waals surface area contributed by atoms with Gasteiger partial charge in [-0.2, -0.15) is 4.31 Å². The molecule has 0 amide bonds. The predicted molar refractivity (Wildman–Crippen MR) is 95.5 cm³/mol. The molecule has 1 aliphatic heterocycles. The Bertz CT molecular complexity index is 805. The van der Waals surface area contributed by atoms with E-state index in [4.69, 9.17) is 16.3 Å². The molecule has 128 valence electrons. The number of hydrogen-bond donors (Lipinski definition) is 0. The summed E-state index contributed by atoms with van der Waals surface area (Å²) in [6.45, 7) is 3.15. The van der Waals surface area contributed by atoms with Crippen LogP contribution in [0.1, 0.15) is 22.8 Å². The molecule has 1 atom stereocenters. The summed E-state index contributed by atoms with van der Waals surface area (Å²) in [7, 11) is -3.39. The van der Waals surface area contributed by atoms with Gasteiger partial charge in [-0.1, -0.05) is 48.0 Å². The van der Waals surface area contributed by atoms with E-state index < -0.39 is 10.0 Å². The lowest BCUT2D eigenvalue weighted by molar-refractivity contribution is -0.00293. The molecule has 0 saturated carbocycles. The molecule has 3 rings (SSSR count). The number of aryl methyl sites for hydroxylation is 1. The van der Waals surface area contributed by atoms with Gasteiger partial charge >= 0.3 is 0 Å². The average Bonchev–Trinajstić information content (AvgIpc) is 2.57. The van der Waals surface area contributed by atoms with E-state index in [2.05, 4.69) is 0 Å². The largest absolute Gasteiger partial charge is 0.371 e. The molecule has 2 aromatic carbocycles. The second-order valence-corrected chi connectivity index (χ2v) is 8.36. The molecular formula is C18H20ClNO3S. The van der Waals surface area contributed by atoms with Crippen LogP contribution in [0, 0.1) is 6.92 Å². The van der Waals surface area contributed by atoms with E-state index in [-0.39, 0.29) is 11.9 Å². The molecule has 1 saturated heterocycles. The lowest BCUT2D eigenvalue weighted by Crippen LogP contribution is -2.42. The van der Waals surface area contributed by atoms with Crippen molar-refractivity contribution in [1.29, 1.82) is 0 Å². The Morgan fingerprint density at radius 3 is 2.58 bits per heavy atom. The minimum absolute atomic E-state index is 0.0232. The highest BCUT2D eigenvalue weighted by Crippen LogP contribution is 2.27. The number of morpholine rings is 1. The fourth-order valence-electron chi connectivity index (χ4n) is 2.90. The molecular weight excluding hydrogens is 346 g/mol. The van der Waals surface area contributed by atoms with Crippen LogP contribution < -0.4 is 0 Å². The topological polar surface area (TPSA) is 46.6 Å². The summed E-state index contributed by atoms with van der Waals surface area (Å²) in [5.41, 5.74) is 2.89. The van der Waals surface area contributed by atoms with Crippen LogP contribution in [-0.2, 0) is 20.5 Å². The van der Waals surface area contributed by atoms with Crippen LogP contribution in [0.3, 0.4) is 0 Å². The standard InChI is InChI=1S/C18H20ClNO3S/c1-14-4-2-3-5-17(14)18-12-20(10-11-23-18)24(21,22)13-15-6-8-16(19)9-7-15/h2-9,18H,10-13H2,1H3. The van der Waals surface area contributed by atoms with Crippen LogP contribution >= 0.6 is 11.6 Å². The number of nitrogens with zero attached hydrogens (tertiary/aromatic N) is 1. The summed E-state index contributed by atoms with van der Waals surface area (Å²) in [6, 6.07) is 14.8. The third kappa shape index (κ3) is 3.98. The summed E-state index contributed by atoms with van der Waals surface area (Å²) in [5, 5.41) is 0.599. The molecule has 4 nitrogen and oxygen atoms in total. The first-order valence-corrected chi connectivity index (χ1v) is 9.84. The molecule has 0 aromatic heterocycles. The fraction of sp³-hybridized carbons (Fsp3) is 0.333. The normalized spacial score (nSPS) is 19.3. The summed E-state index contributed by atoms with van der Waals surface area (Å²) < 4.78 is 32.8. The first kappa shape index (κ1) is 17.4. The summed E-state index contributed by atoms with van der Waals surface area (Å²) in [4.78, 5) is 0. The van der Waals surface area contributed by atoms with Crippen LogP contribution in [-0.4, -0.2) is 32.4 Å². The van der Waals surface area contributed by atoms with Gasteiger partial charge in [0.1, 0.15) is 0 Å². The first-order valence-electron chi connectivity index (χ1n) is 7.85. The molecule has 0 radical (unpaired) electrons. The first-order chi connectivity index (χ1) is 11.5. The molecule has 0 aliphatic carbocycles. The zero-order chi connectivity index (χ0) is 17.2. The SMILES string of the molecule is Cc1ccccc1C1CN(S(=O)(=O)Cc2ccc(Cl)cc2)CCO1. The monoisotopic (exact) mass is 365 g/mol. The molecule has 2 aromatic rings. The molecule has 1 heterocycles. The maximum absolute atomic E-state index is 12.7. The molecule has 1 fully saturated rings. The van der Waals surface area contributed by atoms with Crippen molar-refractivity contribution in [2.24, 2.45) is 0 Å². The number of ether oxygens (including phenoxy) is 1. The molecule has 1 aliphatic rings. The Labute approximate surface area is 148 Å². The van der Waals surface area contributed by atoms with Gasteiger partial charge < -0.3 is 4.74 Å². The van der Waals surface area contributed by atoms with Gasteiger partial charge in [-0.15, -0.1) is 0 Å². The van der Waals surface area contributed by atoms with E-state index in [0.29, 0.717) is 24.7 Å². The van der Waals surface area contributed by atoms with Crippen LogP contribution in [0.5, 0.6) is 0 Å². The van der Waals surface area contributed by atoms with Crippen molar-refractivity contribution in [2.45, 2.75) is 18.8 Å². The fourth-order valence-corrected chi connectivity index (χ4v) is 4.53. The minimum Gasteiger partial charge on any atom is -0.371 e. The van der Waals surface area contributed by atoms with Crippen molar-refractivity contribution >= 4 is 21.6 Å². The van der Waals surface area contributed by atoms with E-state index in [1.165, 1.54) is 4.31 Å². The number of halogens is 1. The highest BCUT2D eigenvalue weighted by Gasteiger charge is 2.30. The van der Waals surface area contributed by atoms with Gasteiger partial charge in [-0.25, -0.2) is 8.42 Å². The van der Waals surface area contributed by atoms with Gasteiger partial charge in [-0.3, -0.25) is 0 Å². The predicted octanol–water partition coefficient (Wildman–Crippen LogP) is 3.55. The van der Waals surface area contributed by atoms with Crippen molar-refractivity contribution in [2.75, 3.05) is 19.7 Å². The third-order valence-electron chi connectivity index (χ3n) is 4.22. The van der Waals surface area contributed by atoms with Crippen LogP contribution in [0.15, 0.2) is 48.5 Å². The maximum Gasteiger partial charge on any atom is 0.218 e. The lowest BCUT2D eigenvalue weighted by atomic mass is 10.0. The Balaban J connectivity index is 1.76. The van der Waals surface area contributed by atoms with Gasteiger partial charge in [0.2, 0.25) is 10.0 Å². The van der Waals surface area contributed by atoms with Gasteiger partial charge in [0.05, 0.1) is 18.5 Å². The molecule has 6 heteroatoms. The van der Waals surface area contributed by atoms with E-state index in [1.807, 2.05) is 31.2 Å². The molecule has 0 spiro atoms. The zero-order valence-corrected chi connectivity index (χ0v) is 15.1. The van der Waals surface area contributed by atoms with Gasteiger partial charge in [-0.05, 0) is 35.7 Å². The van der Waals surface area contributed by atoms with Crippen molar-refractivity contribution in [3.63, 3.8) is 0 Å². The highest BCUT2D eigenvalue weighted by atomic mass is 35.5. The number of sulfonamides is 1. The lowest BCUT2D eigenvalue weighted by Gasteiger charge is -2.33. The van der Waals surface area contributed by atoms with Crippen LogP contribution in [0.25, 0.3) is 0 Å². The number of benzene rings is 2. The Morgan fingerprint density at radius 1 is 1.17 bits per heavy atom. The zero-order valence-electron chi connectivity index (χ0n) is 13.5. The second-order valence-electron chi connectivity index (χ2n) is 5.96.